The smallest absolute Gasteiger partial charge is 0.261 e. The molecule has 0 saturated carbocycles. The van der Waals surface area contributed by atoms with Gasteiger partial charge in [-0.3, -0.25) is 10.2 Å². The predicted octanol–water partition coefficient (Wildman–Crippen LogP) is 5.23. The van der Waals surface area contributed by atoms with E-state index in [9.17, 15) is 4.79 Å². The summed E-state index contributed by atoms with van der Waals surface area (Å²) in [6.45, 7) is 0. The summed E-state index contributed by atoms with van der Waals surface area (Å²) in [5.41, 5.74) is 0.874. The largest absolute Gasteiger partial charge is 0.438 e. The molecule has 1 aromatic heterocycles. The number of carbonyl (C=O) groups excluding carboxylic acids is 1. The third kappa shape index (κ3) is 3.58. The second-order valence-corrected chi connectivity index (χ2v) is 6.57. The van der Waals surface area contributed by atoms with Gasteiger partial charge in [0, 0.05) is 25.6 Å². The van der Waals surface area contributed by atoms with Gasteiger partial charge in [0.25, 0.3) is 5.91 Å². The van der Waals surface area contributed by atoms with Crippen molar-refractivity contribution in [1.82, 2.24) is 0 Å². The number of rotatable bonds is 2. The average molecular weight is 412 g/mol. The molecule has 0 unspecified atom stereocenters. The molecule has 116 valence electrons. The molecule has 2 N–H and O–H groups in total. The lowest BCUT2D eigenvalue weighted by atomic mass is 10.1. The minimum absolute atomic E-state index is 0.117. The van der Waals surface area contributed by atoms with Crippen LogP contribution in [-0.4, -0.2) is 5.91 Å². The fourth-order valence-electron chi connectivity index (χ4n) is 2.10. The first kappa shape index (κ1) is 16.1. The maximum absolute atomic E-state index is 12.4. The van der Waals surface area contributed by atoms with Gasteiger partial charge in [0.2, 0.25) is 5.55 Å². The molecule has 4 nitrogen and oxygen atoms in total. The Hall–Kier alpha value is -1.82. The van der Waals surface area contributed by atoms with Crippen LogP contribution in [0.1, 0.15) is 10.4 Å². The molecule has 3 aromatic rings. The maximum Gasteiger partial charge on any atom is 0.261 e. The molecular weight excluding hydrogens is 403 g/mol. The fraction of sp³-hybridized carbons (Fsp3) is 0. The molecule has 0 aliphatic heterocycles. The van der Waals surface area contributed by atoms with Crippen LogP contribution in [0.4, 0.5) is 5.69 Å². The SMILES string of the molecule is N=c1oc2ccc(Br)cc2cc1C(=O)Nc1cc(Cl)cc(Cl)c1. The van der Waals surface area contributed by atoms with Gasteiger partial charge in [-0.15, -0.1) is 0 Å². The van der Waals surface area contributed by atoms with E-state index < -0.39 is 5.91 Å². The number of anilines is 1. The summed E-state index contributed by atoms with van der Waals surface area (Å²) in [6.07, 6.45) is 0. The Bertz CT molecular complexity index is 965. The molecule has 2 aromatic carbocycles. The Morgan fingerprint density at radius 1 is 1.09 bits per heavy atom. The first-order valence-corrected chi connectivity index (χ1v) is 8.03. The molecule has 3 rings (SSSR count). The summed E-state index contributed by atoms with van der Waals surface area (Å²) < 4.78 is 6.24. The van der Waals surface area contributed by atoms with Gasteiger partial charge in [0.05, 0.1) is 0 Å². The molecule has 0 bridgehead atoms. The van der Waals surface area contributed by atoms with E-state index in [4.69, 9.17) is 33.0 Å². The summed E-state index contributed by atoms with van der Waals surface area (Å²) in [5.74, 6) is -0.473. The number of halogens is 3. The van der Waals surface area contributed by atoms with Crippen molar-refractivity contribution >= 4 is 61.7 Å². The minimum Gasteiger partial charge on any atom is -0.438 e. The lowest BCUT2D eigenvalue weighted by Crippen LogP contribution is -2.20. The Morgan fingerprint density at radius 2 is 1.78 bits per heavy atom. The van der Waals surface area contributed by atoms with E-state index >= 15 is 0 Å². The van der Waals surface area contributed by atoms with Gasteiger partial charge >= 0.3 is 0 Å². The van der Waals surface area contributed by atoms with Gasteiger partial charge in [-0.05, 0) is 42.5 Å². The molecule has 0 fully saturated rings. The Kier molecular flexibility index (Phi) is 4.43. The van der Waals surface area contributed by atoms with Crippen molar-refractivity contribution in [3.8, 4) is 0 Å². The van der Waals surface area contributed by atoms with Crippen molar-refractivity contribution in [3.63, 3.8) is 0 Å². The minimum atomic E-state index is -0.473. The third-order valence-corrected chi connectivity index (χ3v) is 4.02. The Morgan fingerprint density at radius 3 is 2.48 bits per heavy atom. The second-order valence-electron chi connectivity index (χ2n) is 4.78. The number of hydrogen-bond acceptors (Lipinski definition) is 3. The normalized spacial score (nSPS) is 10.7. The van der Waals surface area contributed by atoms with E-state index in [-0.39, 0.29) is 11.1 Å². The zero-order chi connectivity index (χ0) is 16.6. The first-order chi connectivity index (χ1) is 10.9. The lowest BCUT2D eigenvalue weighted by Gasteiger charge is -2.07. The summed E-state index contributed by atoms with van der Waals surface area (Å²) in [4.78, 5) is 12.4. The van der Waals surface area contributed by atoms with E-state index in [1.165, 1.54) is 0 Å². The zero-order valence-corrected chi connectivity index (χ0v) is 14.6. The Balaban J connectivity index is 2.00. The predicted molar refractivity (Wildman–Crippen MR) is 94.2 cm³/mol. The quantitative estimate of drug-likeness (QED) is 0.605. The van der Waals surface area contributed by atoms with Crippen LogP contribution in [0.25, 0.3) is 11.0 Å². The van der Waals surface area contributed by atoms with Crippen molar-refractivity contribution < 1.29 is 9.21 Å². The third-order valence-electron chi connectivity index (χ3n) is 3.09. The standard InChI is InChI=1S/C16H9BrCl2N2O2/c17-9-1-2-14-8(3-9)4-13(15(20)23-14)16(22)21-12-6-10(18)5-11(19)7-12/h1-7,20H,(H,21,22). The molecule has 0 atom stereocenters. The van der Waals surface area contributed by atoms with E-state index in [0.717, 1.165) is 4.47 Å². The number of amides is 1. The molecule has 23 heavy (non-hydrogen) atoms. The van der Waals surface area contributed by atoms with Crippen LogP contribution in [0, 0.1) is 5.41 Å². The number of nitrogens with one attached hydrogen (secondary N) is 2. The highest BCUT2D eigenvalue weighted by atomic mass is 79.9. The highest BCUT2D eigenvalue weighted by Crippen LogP contribution is 2.23. The number of benzene rings is 2. The molecule has 7 heteroatoms. The molecule has 0 spiro atoms. The summed E-state index contributed by atoms with van der Waals surface area (Å²) in [5, 5.41) is 12.1. The van der Waals surface area contributed by atoms with E-state index in [2.05, 4.69) is 21.2 Å². The van der Waals surface area contributed by atoms with E-state index in [1.54, 1.807) is 36.4 Å². The monoisotopic (exact) mass is 410 g/mol. The fourth-order valence-corrected chi connectivity index (χ4v) is 3.01. The Labute approximate surface area is 149 Å². The van der Waals surface area contributed by atoms with E-state index in [1.807, 2.05) is 6.07 Å². The van der Waals surface area contributed by atoms with Gasteiger partial charge in [-0.25, -0.2) is 0 Å². The van der Waals surface area contributed by atoms with Crippen molar-refractivity contribution in [2.45, 2.75) is 0 Å². The number of fused-ring (bicyclic) bond motifs is 1. The summed E-state index contributed by atoms with van der Waals surface area (Å²) in [7, 11) is 0. The van der Waals surface area contributed by atoms with Gasteiger partial charge in [-0.2, -0.15) is 0 Å². The van der Waals surface area contributed by atoms with Gasteiger partial charge in [-0.1, -0.05) is 39.1 Å². The summed E-state index contributed by atoms with van der Waals surface area (Å²) in [6, 6.07) is 11.7. The van der Waals surface area contributed by atoms with Crippen LogP contribution in [-0.2, 0) is 0 Å². The molecular formula is C16H9BrCl2N2O2. The van der Waals surface area contributed by atoms with Crippen LogP contribution >= 0.6 is 39.1 Å². The average Bonchev–Trinajstić information content (AvgIpc) is 2.45. The number of carbonyl (C=O) groups is 1. The molecule has 1 heterocycles. The maximum atomic E-state index is 12.4. The molecule has 1 amide bonds. The zero-order valence-electron chi connectivity index (χ0n) is 11.5. The summed E-state index contributed by atoms with van der Waals surface area (Å²) >= 11 is 15.2. The van der Waals surface area contributed by atoms with E-state index in [0.29, 0.717) is 26.7 Å². The first-order valence-electron chi connectivity index (χ1n) is 6.48. The van der Waals surface area contributed by atoms with Crippen LogP contribution in [0.15, 0.2) is 51.4 Å². The highest BCUT2D eigenvalue weighted by Gasteiger charge is 2.13. The topological polar surface area (TPSA) is 66.1 Å². The van der Waals surface area contributed by atoms with Gasteiger partial charge < -0.3 is 9.73 Å². The molecule has 0 aliphatic rings. The van der Waals surface area contributed by atoms with Gasteiger partial charge in [0.15, 0.2) is 0 Å². The van der Waals surface area contributed by atoms with Crippen LogP contribution in [0.3, 0.4) is 0 Å². The highest BCUT2D eigenvalue weighted by molar-refractivity contribution is 9.10. The van der Waals surface area contributed by atoms with Crippen LogP contribution in [0.5, 0.6) is 0 Å². The molecule has 0 aliphatic carbocycles. The van der Waals surface area contributed by atoms with Gasteiger partial charge in [0.1, 0.15) is 11.1 Å². The lowest BCUT2D eigenvalue weighted by molar-refractivity contribution is 0.102. The van der Waals surface area contributed by atoms with Crippen molar-refractivity contribution in [2.75, 3.05) is 5.32 Å². The molecule has 0 radical (unpaired) electrons. The second kappa shape index (κ2) is 6.35. The van der Waals surface area contributed by atoms with Crippen LogP contribution in [0.2, 0.25) is 10.0 Å². The van der Waals surface area contributed by atoms with Crippen molar-refractivity contribution in [3.05, 3.63) is 68.1 Å². The van der Waals surface area contributed by atoms with Crippen LogP contribution < -0.4 is 10.9 Å². The number of hydrogen-bond donors (Lipinski definition) is 2. The molecule has 0 saturated heterocycles. The van der Waals surface area contributed by atoms with Crippen molar-refractivity contribution in [2.24, 2.45) is 0 Å². The van der Waals surface area contributed by atoms with Crippen molar-refractivity contribution in [1.29, 1.82) is 5.41 Å².